The van der Waals surface area contributed by atoms with E-state index in [1.165, 1.54) is 0 Å². The number of rotatable bonds is 2. The van der Waals surface area contributed by atoms with Crippen LogP contribution in [0.25, 0.3) is 0 Å². The van der Waals surface area contributed by atoms with Gasteiger partial charge in [-0.2, -0.15) is 5.10 Å². The first-order chi connectivity index (χ1) is 5.77. The molecule has 4 N–H and O–H groups in total. The van der Waals surface area contributed by atoms with Gasteiger partial charge in [-0.1, -0.05) is 0 Å². The minimum absolute atomic E-state index is 0. The van der Waals surface area contributed by atoms with E-state index in [4.69, 9.17) is 16.3 Å². The van der Waals surface area contributed by atoms with E-state index >= 15 is 0 Å². The van der Waals surface area contributed by atoms with Gasteiger partial charge in [0, 0.05) is 5.56 Å². The summed E-state index contributed by atoms with van der Waals surface area (Å²) in [6.07, 6.45) is 0. The molecule has 0 radical (unpaired) electrons. The molecule has 5 heteroatoms. The smallest absolute Gasteiger partial charge is 0.150 e. The normalized spacial score (nSPS) is 10.4. The molecule has 1 rings (SSSR count). The molecule has 0 unspecified atom stereocenters. The molecule has 0 aliphatic carbocycles. The molecular weight excluding hydrogens is 190 g/mol. The Hall–Kier alpha value is -1.42. The molecule has 0 atom stereocenters. The van der Waals surface area contributed by atoms with Gasteiger partial charge in [-0.3, -0.25) is 0 Å². The van der Waals surface area contributed by atoms with Crippen LogP contribution in [0.1, 0.15) is 5.56 Å². The highest BCUT2D eigenvalue weighted by Crippen LogP contribution is 2.10. The molecule has 1 aromatic rings. The van der Waals surface area contributed by atoms with E-state index in [1.807, 2.05) is 0 Å². The monoisotopic (exact) mass is 201 g/mol. The molecule has 4 nitrogen and oxygen atoms in total. The fraction of sp³-hybridized carbons (Fsp3) is 0.125. The van der Waals surface area contributed by atoms with Crippen LogP contribution >= 0.6 is 12.4 Å². The van der Waals surface area contributed by atoms with Crippen LogP contribution in [0.4, 0.5) is 0 Å². The lowest BCUT2D eigenvalue weighted by atomic mass is 10.2. The number of hydrogen-bond donors (Lipinski definition) is 2. The van der Waals surface area contributed by atoms with Crippen molar-refractivity contribution in [2.45, 2.75) is 0 Å². The van der Waals surface area contributed by atoms with Gasteiger partial charge in [0.15, 0.2) is 0 Å². The van der Waals surface area contributed by atoms with Crippen LogP contribution in [-0.2, 0) is 0 Å². The van der Waals surface area contributed by atoms with E-state index in [0.717, 1.165) is 11.3 Å². The number of hydrazone groups is 1. The lowest BCUT2D eigenvalue weighted by molar-refractivity contribution is 0.415. The van der Waals surface area contributed by atoms with Crippen molar-refractivity contribution in [2.75, 3.05) is 7.11 Å². The number of amidine groups is 1. The molecule has 13 heavy (non-hydrogen) atoms. The second-order valence-corrected chi connectivity index (χ2v) is 2.24. The highest BCUT2D eigenvalue weighted by atomic mass is 35.5. The second kappa shape index (κ2) is 5.27. The lowest BCUT2D eigenvalue weighted by Crippen LogP contribution is -2.15. The summed E-state index contributed by atoms with van der Waals surface area (Å²) in [6, 6.07) is 7.19. The highest BCUT2D eigenvalue weighted by Gasteiger charge is 1.96. The quantitative estimate of drug-likeness (QED) is 0.320. The summed E-state index contributed by atoms with van der Waals surface area (Å²) < 4.78 is 4.97. The molecule has 0 aliphatic rings. The Balaban J connectivity index is 0.00000144. The van der Waals surface area contributed by atoms with Gasteiger partial charge in [-0.05, 0) is 24.3 Å². The van der Waals surface area contributed by atoms with Gasteiger partial charge in [-0.25, -0.2) is 0 Å². The number of ether oxygens (including phenoxy) is 1. The van der Waals surface area contributed by atoms with Crippen LogP contribution in [0.2, 0.25) is 0 Å². The third-order valence-electron chi connectivity index (χ3n) is 1.52. The highest BCUT2D eigenvalue weighted by molar-refractivity contribution is 5.97. The van der Waals surface area contributed by atoms with E-state index in [1.54, 1.807) is 31.4 Å². The first kappa shape index (κ1) is 11.6. The Kier molecular flexibility index (Phi) is 4.69. The number of benzene rings is 1. The molecule has 0 aliphatic heterocycles. The average Bonchev–Trinajstić information content (AvgIpc) is 2.17. The van der Waals surface area contributed by atoms with Gasteiger partial charge < -0.3 is 16.3 Å². The first-order valence-electron chi connectivity index (χ1n) is 3.45. The fourth-order valence-corrected chi connectivity index (χ4v) is 0.836. The molecular formula is C8H12ClN3O. The van der Waals surface area contributed by atoms with Crippen LogP contribution in [0.5, 0.6) is 5.75 Å². The predicted molar refractivity (Wildman–Crippen MR) is 55.2 cm³/mol. The Morgan fingerprint density at radius 2 is 1.85 bits per heavy atom. The number of hydrogen-bond acceptors (Lipinski definition) is 3. The van der Waals surface area contributed by atoms with Crippen molar-refractivity contribution >= 4 is 18.2 Å². The van der Waals surface area contributed by atoms with Crippen molar-refractivity contribution in [1.82, 2.24) is 0 Å². The van der Waals surface area contributed by atoms with E-state index in [9.17, 15) is 0 Å². The van der Waals surface area contributed by atoms with E-state index in [-0.39, 0.29) is 12.4 Å². The van der Waals surface area contributed by atoms with Crippen molar-refractivity contribution in [3.8, 4) is 5.75 Å². The number of nitrogens with zero attached hydrogens (tertiary/aromatic N) is 1. The first-order valence-corrected chi connectivity index (χ1v) is 3.45. The Morgan fingerprint density at radius 1 is 1.31 bits per heavy atom. The molecule has 0 fully saturated rings. The average molecular weight is 202 g/mol. The largest absolute Gasteiger partial charge is 0.497 e. The minimum Gasteiger partial charge on any atom is -0.497 e. The van der Waals surface area contributed by atoms with Gasteiger partial charge in [0.2, 0.25) is 0 Å². The number of methoxy groups -OCH3 is 1. The molecule has 1 aromatic carbocycles. The van der Waals surface area contributed by atoms with Crippen LogP contribution in [-0.4, -0.2) is 12.9 Å². The third kappa shape index (κ3) is 2.83. The zero-order chi connectivity index (χ0) is 8.97. The molecule has 0 heterocycles. The Bertz CT molecular complexity index is 284. The van der Waals surface area contributed by atoms with E-state index in [2.05, 4.69) is 5.10 Å². The van der Waals surface area contributed by atoms with Crippen LogP contribution in [0.3, 0.4) is 0 Å². The lowest BCUT2D eigenvalue weighted by Gasteiger charge is -2.01. The molecule has 72 valence electrons. The molecule has 0 aromatic heterocycles. The molecule has 0 amide bonds. The number of halogens is 1. The van der Waals surface area contributed by atoms with E-state index in [0.29, 0.717) is 5.84 Å². The summed E-state index contributed by atoms with van der Waals surface area (Å²) in [5, 5.41) is 3.37. The zero-order valence-corrected chi connectivity index (χ0v) is 8.04. The van der Waals surface area contributed by atoms with Gasteiger partial charge in [0.1, 0.15) is 11.6 Å². The Labute approximate surface area is 83.0 Å². The Morgan fingerprint density at radius 3 is 2.23 bits per heavy atom. The summed E-state index contributed by atoms with van der Waals surface area (Å²) >= 11 is 0. The standard InChI is InChI=1S/C8H11N3O.ClH/c1-12-7-4-2-6(3-5-7)8(9)11-10;/h2-5H,10H2,1H3,(H2,9,11);1H. The van der Waals surface area contributed by atoms with Crippen molar-refractivity contribution < 1.29 is 4.74 Å². The minimum atomic E-state index is 0. The zero-order valence-electron chi connectivity index (χ0n) is 7.23. The maximum atomic E-state index is 5.47. The maximum absolute atomic E-state index is 5.47. The van der Waals surface area contributed by atoms with Crippen LogP contribution < -0.4 is 16.3 Å². The SMILES string of the molecule is COc1ccc(C(N)=NN)cc1.Cl. The van der Waals surface area contributed by atoms with Gasteiger partial charge in [0.05, 0.1) is 7.11 Å². The topological polar surface area (TPSA) is 73.6 Å². The third-order valence-corrected chi connectivity index (χ3v) is 1.52. The molecule has 0 bridgehead atoms. The molecule has 0 spiro atoms. The summed E-state index contributed by atoms with van der Waals surface area (Å²) in [4.78, 5) is 0. The fourth-order valence-electron chi connectivity index (χ4n) is 0.836. The van der Waals surface area contributed by atoms with Crippen molar-refractivity contribution in [3.05, 3.63) is 29.8 Å². The van der Waals surface area contributed by atoms with Crippen molar-refractivity contribution in [2.24, 2.45) is 16.7 Å². The van der Waals surface area contributed by atoms with Gasteiger partial charge >= 0.3 is 0 Å². The summed E-state index contributed by atoms with van der Waals surface area (Å²) in [6.45, 7) is 0. The molecule has 0 saturated carbocycles. The van der Waals surface area contributed by atoms with Gasteiger partial charge in [-0.15, -0.1) is 12.4 Å². The maximum Gasteiger partial charge on any atom is 0.150 e. The van der Waals surface area contributed by atoms with Crippen LogP contribution in [0, 0.1) is 0 Å². The second-order valence-electron chi connectivity index (χ2n) is 2.24. The summed E-state index contributed by atoms with van der Waals surface area (Å²) in [7, 11) is 1.61. The molecule has 0 saturated heterocycles. The van der Waals surface area contributed by atoms with Gasteiger partial charge in [0.25, 0.3) is 0 Å². The summed E-state index contributed by atoms with van der Waals surface area (Å²) in [5.74, 6) is 6.10. The number of nitrogens with two attached hydrogens (primary N) is 2. The predicted octanol–water partition coefficient (Wildman–Crippen LogP) is 0.696. The van der Waals surface area contributed by atoms with Crippen molar-refractivity contribution in [1.29, 1.82) is 0 Å². The van der Waals surface area contributed by atoms with Crippen molar-refractivity contribution in [3.63, 3.8) is 0 Å². The summed E-state index contributed by atoms with van der Waals surface area (Å²) in [5.41, 5.74) is 6.26. The van der Waals surface area contributed by atoms with Crippen LogP contribution in [0.15, 0.2) is 29.4 Å². The van der Waals surface area contributed by atoms with E-state index < -0.39 is 0 Å².